The lowest BCUT2D eigenvalue weighted by atomic mass is 9.90. The van der Waals surface area contributed by atoms with Crippen molar-refractivity contribution in [1.82, 2.24) is 29.8 Å². The Kier molecular flexibility index (Phi) is 7.37. The Balaban J connectivity index is 1.04. The number of rotatable bonds is 8. The maximum Gasteiger partial charge on any atom is 0.416 e. The van der Waals surface area contributed by atoms with Crippen molar-refractivity contribution in [1.29, 1.82) is 0 Å². The maximum atomic E-state index is 15.7. The first-order chi connectivity index (χ1) is 23.7. The van der Waals surface area contributed by atoms with E-state index in [4.69, 9.17) is 9.47 Å². The maximum absolute atomic E-state index is 15.7. The monoisotopic (exact) mass is 704 g/mol. The number of halogens is 6. The molecule has 2 aromatic carbocycles. The fourth-order valence-electron chi connectivity index (χ4n) is 7.31. The van der Waals surface area contributed by atoms with Crippen LogP contribution in [-0.2, 0) is 37.1 Å². The molecule has 0 unspecified atom stereocenters. The quantitative estimate of drug-likeness (QED) is 0.283. The molecule has 1 atom stereocenters. The molecule has 0 saturated carbocycles. The van der Waals surface area contributed by atoms with Crippen LogP contribution in [0.1, 0.15) is 29.2 Å². The van der Waals surface area contributed by atoms with Gasteiger partial charge in [-0.25, -0.2) is 18.0 Å². The lowest BCUT2D eigenvalue weighted by molar-refractivity contribution is -0.302. The van der Waals surface area contributed by atoms with Crippen LogP contribution in [0.2, 0.25) is 0 Å². The molecule has 4 aliphatic heterocycles. The first kappa shape index (κ1) is 32.7. The van der Waals surface area contributed by atoms with E-state index in [9.17, 15) is 31.9 Å². The number of urea groups is 1. The van der Waals surface area contributed by atoms with Crippen molar-refractivity contribution in [2.75, 3.05) is 46.1 Å². The molecule has 4 fully saturated rings. The number of hydrogen-bond acceptors (Lipinski definition) is 7. The summed E-state index contributed by atoms with van der Waals surface area (Å²) in [4.78, 5) is 43.8. The van der Waals surface area contributed by atoms with E-state index in [0.29, 0.717) is 40.2 Å². The van der Waals surface area contributed by atoms with E-state index in [1.165, 1.54) is 30.3 Å². The van der Waals surface area contributed by atoms with E-state index in [-0.39, 0.29) is 17.2 Å². The molecule has 264 valence electrons. The Bertz CT molecular complexity index is 1870. The molecule has 1 aliphatic carbocycles. The zero-order chi connectivity index (χ0) is 35.2. The number of alkyl halides is 5. The predicted molar refractivity (Wildman–Crippen MR) is 160 cm³/mol. The van der Waals surface area contributed by atoms with Gasteiger partial charge in [0.15, 0.2) is 11.1 Å². The molecule has 8 rings (SSSR count). The lowest BCUT2D eigenvalue weighted by Crippen LogP contribution is -2.72. The predicted octanol–water partition coefficient (Wildman–Crippen LogP) is 3.55. The zero-order valence-electron chi connectivity index (χ0n) is 26.3. The van der Waals surface area contributed by atoms with E-state index in [2.05, 4.69) is 15.3 Å². The number of amides is 4. The van der Waals surface area contributed by atoms with Crippen LogP contribution in [0.3, 0.4) is 0 Å². The van der Waals surface area contributed by atoms with Gasteiger partial charge in [-0.15, -0.1) is 0 Å². The Morgan fingerprint density at radius 3 is 2.32 bits per heavy atom. The summed E-state index contributed by atoms with van der Waals surface area (Å²) in [5.41, 5.74) is -4.57. The summed E-state index contributed by atoms with van der Waals surface area (Å²) in [6, 6.07) is 7.84. The second kappa shape index (κ2) is 11.3. The molecule has 50 heavy (non-hydrogen) atoms. The second-order valence-corrected chi connectivity index (χ2v) is 13.5. The summed E-state index contributed by atoms with van der Waals surface area (Å²) in [5.74, 6) is -6.69. The zero-order valence-corrected chi connectivity index (χ0v) is 26.3. The van der Waals surface area contributed by atoms with Gasteiger partial charge in [-0.3, -0.25) is 24.1 Å². The van der Waals surface area contributed by atoms with Crippen molar-refractivity contribution in [3.63, 3.8) is 0 Å². The molecule has 11 nitrogen and oxygen atoms in total. The molecule has 17 heteroatoms. The second-order valence-electron chi connectivity index (χ2n) is 13.5. The fourth-order valence-corrected chi connectivity index (χ4v) is 7.31. The van der Waals surface area contributed by atoms with Crippen LogP contribution >= 0.6 is 0 Å². The molecule has 0 radical (unpaired) electrons. The number of carbonyl (C=O) groups excluding carboxylic acids is 3. The number of nitrogens with one attached hydrogen (secondary N) is 1. The van der Waals surface area contributed by atoms with Gasteiger partial charge >= 0.3 is 12.2 Å². The third kappa shape index (κ3) is 4.99. The molecule has 4 amide bonds. The molecule has 4 saturated heterocycles. The Morgan fingerprint density at radius 1 is 0.980 bits per heavy atom. The average molecular weight is 705 g/mol. The number of fused-ring (bicyclic) bond motifs is 2. The molecular formula is C33H30F6N6O5. The Hall–Kier alpha value is -4.48. The summed E-state index contributed by atoms with van der Waals surface area (Å²) in [6.07, 6.45) is -2.79. The van der Waals surface area contributed by atoms with Crippen LogP contribution in [-0.4, -0.2) is 106 Å². The Morgan fingerprint density at radius 2 is 1.70 bits per heavy atom. The van der Waals surface area contributed by atoms with Crippen molar-refractivity contribution >= 4 is 17.8 Å². The van der Waals surface area contributed by atoms with Crippen LogP contribution in [0.4, 0.5) is 31.1 Å². The number of likely N-dealkylation sites (tertiary alicyclic amines) is 1. The van der Waals surface area contributed by atoms with E-state index < -0.39 is 85.1 Å². The van der Waals surface area contributed by atoms with Crippen molar-refractivity contribution in [3.05, 3.63) is 77.4 Å². The summed E-state index contributed by atoms with van der Waals surface area (Å²) < 4.78 is 100.0. The molecule has 1 N–H and O–H groups in total. The summed E-state index contributed by atoms with van der Waals surface area (Å²) in [5, 5.41) is 6.74. The highest BCUT2D eigenvalue weighted by atomic mass is 19.4. The first-order valence-electron chi connectivity index (χ1n) is 15.9. The summed E-state index contributed by atoms with van der Waals surface area (Å²) >= 11 is 0. The normalized spacial score (nSPS) is 24.5. The first-order valence-corrected chi connectivity index (χ1v) is 15.9. The van der Waals surface area contributed by atoms with Gasteiger partial charge in [-0.1, -0.05) is 24.3 Å². The largest absolute Gasteiger partial charge is 0.416 e. The number of benzene rings is 2. The topological polar surface area (TPSA) is 109 Å². The van der Waals surface area contributed by atoms with E-state index in [0.717, 1.165) is 25.2 Å². The van der Waals surface area contributed by atoms with Gasteiger partial charge in [0.25, 0.3) is 11.8 Å². The van der Waals surface area contributed by atoms with Crippen molar-refractivity contribution in [3.8, 4) is 11.1 Å². The SMILES string of the molecule is O=C1N[C@]2(CC(F)(F)c3cc(-c4cnn(C5CN(C6COC6)C5)c4)ccc32)C(=O)N1CC(=O)N(Cc1ccc(F)cc1)C1(C(F)(F)F)COC1. The lowest BCUT2D eigenvalue weighted by Gasteiger charge is -2.50. The standard InChI is InChI=1S/C33H30F6N6O5/c34-22-4-1-19(2-5-22)9-44(30(17-50-18-30)33(37,38)39)27(46)13-43-28(47)31(41-29(43)48)16-32(35,36)26-7-20(3-6-25(26)31)21-8-40-45(10-21)23-11-42(12-23)24-14-49-15-24/h1-8,10,23-24H,9,11-18H2,(H,41,48)/t31-/m0/s1. The molecule has 1 spiro atoms. The van der Waals surface area contributed by atoms with Gasteiger partial charge in [-0.2, -0.15) is 18.3 Å². The molecule has 0 bridgehead atoms. The third-order valence-electron chi connectivity index (χ3n) is 10.4. The number of carbonyl (C=O) groups is 3. The highest BCUT2D eigenvalue weighted by molar-refractivity contribution is 6.10. The van der Waals surface area contributed by atoms with E-state index >= 15 is 8.78 Å². The van der Waals surface area contributed by atoms with Gasteiger partial charge in [-0.05, 0) is 34.9 Å². The average Bonchev–Trinajstić information content (AvgIpc) is 3.62. The van der Waals surface area contributed by atoms with Gasteiger partial charge in [0.05, 0.1) is 51.1 Å². The molecule has 5 aliphatic rings. The number of imide groups is 1. The minimum Gasteiger partial charge on any atom is -0.378 e. The number of aromatic nitrogens is 2. The van der Waals surface area contributed by atoms with Gasteiger partial charge in [0.1, 0.15) is 12.4 Å². The molecule has 5 heterocycles. The number of nitrogens with zero attached hydrogens (tertiary/aromatic N) is 5. The molecular weight excluding hydrogens is 674 g/mol. The highest BCUT2D eigenvalue weighted by Gasteiger charge is 2.67. The van der Waals surface area contributed by atoms with E-state index in [1.807, 2.05) is 0 Å². The highest BCUT2D eigenvalue weighted by Crippen LogP contribution is 2.54. The minimum absolute atomic E-state index is 0.123. The van der Waals surface area contributed by atoms with Crippen LogP contribution in [0.25, 0.3) is 11.1 Å². The van der Waals surface area contributed by atoms with Crippen LogP contribution < -0.4 is 5.32 Å². The fraction of sp³-hybridized carbons (Fsp3) is 0.455. The van der Waals surface area contributed by atoms with Gasteiger partial charge in [0.2, 0.25) is 5.91 Å². The number of hydrogen-bond donors (Lipinski definition) is 1. The van der Waals surface area contributed by atoms with Crippen molar-refractivity contribution in [2.24, 2.45) is 0 Å². The summed E-state index contributed by atoms with van der Waals surface area (Å²) in [6.45, 7) is -0.633. The molecule has 1 aromatic heterocycles. The Labute approximate surface area is 280 Å². The van der Waals surface area contributed by atoms with Crippen molar-refractivity contribution in [2.45, 2.75) is 48.2 Å². The van der Waals surface area contributed by atoms with Gasteiger partial charge < -0.3 is 19.7 Å². The van der Waals surface area contributed by atoms with Gasteiger partial charge in [0, 0.05) is 37.0 Å². The van der Waals surface area contributed by atoms with Crippen molar-refractivity contribution < 1.29 is 50.2 Å². The number of ether oxygens (including phenoxy) is 2. The third-order valence-corrected chi connectivity index (χ3v) is 10.4. The van der Waals surface area contributed by atoms with Crippen LogP contribution in [0.15, 0.2) is 54.9 Å². The minimum atomic E-state index is -4.97. The summed E-state index contributed by atoms with van der Waals surface area (Å²) in [7, 11) is 0. The van der Waals surface area contributed by atoms with Crippen LogP contribution in [0, 0.1) is 5.82 Å². The van der Waals surface area contributed by atoms with E-state index in [1.54, 1.807) is 17.1 Å². The van der Waals surface area contributed by atoms with Crippen LogP contribution in [0.5, 0.6) is 0 Å². The smallest absolute Gasteiger partial charge is 0.378 e. The molecule has 3 aromatic rings.